The lowest BCUT2D eigenvalue weighted by molar-refractivity contribution is -0.134. The number of nitrogens with one attached hydrogen (secondary N) is 2. The Bertz CT molecular complexity index is 1730. The van der Waals surface area contributed by atoms with E-state index in [-0.39, 0.29) is 19.1 Å². The number of nitrogens with two attached hydrogens (primary N) is 1. The maximum absolute atomic E-state index is 13.0. The van der Waals surface area contributed by atoms with Crippen LogP contribution in [-0.4, -0.2) is 99.4 Å². The molecule has 16 heteroatoms. The third kappa shape index (κ3) is 6.39. The zero-order valence-electron chi connectivity index (χ0n) is 24.8. The van der Waals surface area contributed by atoms with Gasteiger partial charge in [0, 0.05) is 50.4 Å². The summed E-state index contributed by atoms with van der Waals surface area (Å²) in [6.07, 6.45) is -0.390. The minimum Gasteiger partial charge on any atom is -0.483 e. The number of fused-ring (bicyclic) bond motifs is 1. The van der Waals surface area contributed by atoms with Crippen LogP contribution in [0.1, 0.15) is 11.8 Å². The molecule has 2 aliphatic heterocycles. The molecular weight excluding hydrogens is 637 g/mol. The Morgan fingerprint density at radius 2 is 1.89 bits per heavy atom. The number of nitrogens with zero attached hydrogens (tertiary/aromatic N) is 6. The highest BCUT2D eigenvalue weighted by Crippen LogP contribution is 2.32. The van der Waals surface area contributed by atoms with E-state index in [1.54, 1.807) is 23.1 Å². The summed E-state index contributed by atoms with van der Waals surface area (Å²) in [6, 6.07) is 11.9. The number of rotatable bonds is 9. The summed E-state index contributed by atoms with van der Waals surface area (Å²) in [6.45, 7) is 2.56. The molecule has 0 saturated carbocycles. The van der Waals surface area contributed by atoms with Crippen molar-refractivity contribution in [2.45, 2.75) is 31.0 Å². The first-order chi connectivity index (χ1) is 22.2. The number of carbonyl (C=O) groups is 2. The van der Waals surface area contributed by atoms with Gasteiger partial charge in [0.2, 0.25) is 0 Å². The smallest absolute Gasteiger partial charge is 0.260 e. The van der Waals surface area contributed by atoms with Crippen molar-refractivity contribution >= 4 is 57.7 Å². The largest absolute Gasteiger partial charge is 0.483 e. The Morgan fingerprint density at radius 3 is 2.65 bits per heavy atom. The van der Waals surface area contributed by atoms with Crippen molar-refractivity contribution in [3.8, 4) is 5.75 Å². The lowest BCUT2D eigenvalue weighted by atomic mass is 10.1. The molecule has 4 atom stereocenters. The van der Waals surface area contributed by atoms with Crippen LogP contribution in [0.4, 0.5) is 11.5 Å². The summed E-state index contributed by atoms with van der Waals surface area (Å²) in [4.78, 5) is 42.3. The molecule has 6 rings (SSSR count). The molecular formula is C30H33Cl2N9O5. The standard InChI is InChI=1S/C30H33Cl2N9O5/c1-34-29(44)26-23(33)25(43)30(46-26)41-16-38-24-27(36-15-37-28(24)41)35-13-17-12-18(31)6-7-21(17)45-14-22(42)40-10-8-39(9-11-40)20-5-3-2-4-19(20)32/h2-7,12,15-16,23,25-26,30,43H,8-11,13-14,33H2,1H3,(H,34,44)(H,35,36,37)/t23-,25+,26-,30+/m0/s1. The fourth-order valence-electron chi connectivity index (χ4n) is 5.61. The molecule has 0 aliphatic carbocycles. The topological polar surface area (TPSA) is 173 Å². The van der Waals surface area contributed by atoms with Crippen LogP contribution in [-0.2, 0) is 20.9 Å². The molecule has 46 heavy (non-hydrogen) atoms. The fraction of sp³-hybridized carbons (Fsp3) is 0.367. The Kier molecular flexibility index (Phi) is 9.42. The van der Waals surface area contributed by atoms with Crippen LogP contribution in [0.5, 0.6) is 5.75 Å². The summed E-state index contributed by atoms with van der Waals surface area (Å²) < 4.78 is 13.3. The minimum absolute atomic E-state index is 0.120. The number of aromatic nitrogens is 4. The maximum atomic E-state index is 13.0. The van der Waals surface area contributed by atoms with Crippen molar-refractivity contribution < 1.29 is 24.2 Å². The SMILES string of the molecule is CNC(=O)[C@H]1O[C@@H](n2cnc3c(NCc4cc(Cl)ccc4OCC(=O)N4CCN(c5ccccc5Cl)CC4)ncnc32)[C@H](O)[C@@H]1N. The van der Waals surface area contributed by atoms with Crippen molar-refractivity contribution in [3.63, 3.8) is 0 Å². The van der Waals surface area contributed by atoms with Gasteiger partial charge in [-0.05, 0) is 30.3 Å². The number of likely N-dealkylation sites (N-methyl/N-ethyl adjacent to an activating group) is 1. The molecule has 242 valence electrons. The summed E-state index contributed by atoms with van der Waals surface area (Å²) >= 11 is 12.7. The number of piperazine rings is 1. The number of halogens is 2. The van der Waals surface area contributed by atoms with E-state index in [4.69, 9.17) is 38.4 Å². The third-order valence-electron chi connectivity index (χ3n) is 8.11. The average molecular weight is 671 g/mol. The summed E-state index contributed by atoms with van der Waals surface area (Å²) in [5.74, 6) is 0.340. The van der Waals surface area contributed by atoms with Gasteiger partial charge < -0.3 is 40.7 Å². The summed E-state index contributed by atoms with van der Waals surface area (Å²) in [5.41, 5.74) is 8.49. The van der Waals surface area contributed by atoms with Crippen LogP contribution >= 0.6 is 23.2 Å². The zero-order chi connectivity index (χ0) is 32.4. The molecule has 0 radical (unpaired) electrons. The number of hydrogen-bond donors (Lipinski definition) is 4. The number of para-hydroxylation sites is 1. The predicted octanol–water partition coefficient (Wildman–Crippen LogP) is 1.80. The first kappa shape index (κ1) is 31.8. The molecule has 0 bridgehead atoms. The van der Waals surface area contributed by atoms with Crippen LogP contribution in [0, 0.1) is 0 Å². The van der Waals surface area contributed by atoms with Crippen molar-refractivity contribution in [1.29, 1.82) is 0 Å². The van der Waals surface area contributed by atoms with Crippen LogP contribution in [0.3, 0.4) is 0 Å². The van der Waals surface area contributed by atoms with Crippen molar-refractivity contribution in [1.82, 2.24) is 29.7 Å². The molecule has 2 amide bonds. The number of ether oxygens (including phenoxy) is 2. The van der Waals surface area contributed by atoms with Gasteiger partial charge in [-0.15, -0.1) is 0 Å². The van der Waals surface area contributed by atoms with Gasteiger partial charge in [-0.1, -0.05) is 35.3 Å². The highest BCUT2D eigenvalue weighted by Gasteiger charge is 2.46. The molecule has 2 aromatic heterocycles. The highest BCUT2D eigenvalue weighted by molar-refractivity contribution is 6.33. The molecule has 2 fully saturated rings. The third-order valence-corrected chi connectivity index (χ3v) is 8.66. The fourth-order valence-corrected chi connectivity index (χ4v) is 6.06. The second-order valence-electron chi connectivity index (χ2n) is 10.9. The number of aliphatic hydroxyl groups excluding tert-OH is 1. The van der Waals surface area contributed by atoms with Crippen molar-refractivity contribution in [3.05, 3.63) is 70.7 Å². The Morgan fingerprint density at radius 1 is 1.11 bits per heavy atom. The van der Waals surface area contributed by atoms with E-state index in [1.165, 1.54) is 24.3 Å². The molecule has 4 heterocycles. The molecule has 0 unspecified atom stereocenters. The number of amides is 2. The Hall–Kier alpha value is -4.21. The van der Waals surface area contributed by atoms with Crippen LogP contribution in [0.15, 0.2) is 55.1 Å². The van der Waals surface area contributed by atoms with E-state index >= 15 is 0 Å². The first-order valence-corrected chi connectivity index (χ1v) is 15.4. The van der Waals surface area contributed by atoms with Crippen molar-refractivity contribution in [2.24, 2.45) is 5.73 Å². The van der Waals surface area contributed by atoms with Gasteiger partial charge in [0.15, 0.2) is 35.9 Å². The first-order valence-electron chi connectivity index (χ1n) is 14.7. The van der Waals surface area contributed by atoms with Gasteiger partial charge in [-0.25, -0.2) is 15.0 Å². The van der Waals surface area contributed by atoms with E-state index in [0.717, 1.165) is 5.69 Å². The number of aliphatic hydroxyl groups is 1. The molecule has 4 aromatic rings. The van der Waals surface area contributed by atoms with Crippen LogP contribution in [0.25, 0.3) is 11.2 Å². The van der Waals surface area contributed by atoms with Gasteiger partial charge in [0.05, 0.1) is 23.1 Å². The molecule has 2 saturated heterocycles. The number of carbonyl (C=O) groups excluding carboxylic acids is 2. The van der Waals surface area contributed by atoms with Gasteiger partial charge in [0.25, 0.3) is 11.8 Å². The Labute approximate surface area is 274 Å². The van der Waals surface area contributed by atoms with Crippen LogP contribution < -0.4 is 26.0 Å². The average Bonchev–Trinajstić information content (AvgIpc) is 3.63. The normalized spacial score (nSPS) is 21.4. The van der Waals surface area contributed by atoms with Crippen LogP contribution in [0.2, 0.25) is 10.0 Å². The monoisotopic (exact) mass is 669 g/mol. The summed E-state index contributed by atoms with van der Waals surface area (Å²) in [7, 11) is 1.47. The second-order valence-corrected chi connectivity index (χ2v) is 11.7. The molecule has 5 N–H and O–H groups in total. The van der Waals surface area contributed by atoms with Gasteiger partial charge in [0.1, 0.15) is 18.2 Å². The van der Waals surface area contributed by atoms with Gasteiger partial charge in [-0.2, -0.15) is 0 Å². The Balaban J connectivity index is 1.10. The number of imidazole rings is 1. The predicted molar refractivity (Wildman–Crippen MR) is 172 cm³/mol. The molecule has 2 aliphatic rings. The maximum Gasteiger partial charge on any atom is 0.260 e. The zero-order valence-corrected chi connectivity index (χ0v) is 26.4. The quantitative estimate of drug-likeness (QED) is 0.205. The second kappa shape index (κ2) is 13.6. The molecule has 0 spiro atoms. The minimum atomic E-state index is -1.17. The number of benzene rings is 2. The van der Waals surface area contributed by atoms with E-state index < -0.39 is 30.4 Å². The van der Waals surface area contributed by atoms with E-state index in [2.05, 4.69) is 30.5 Å². The molecule has 2 aromatic carbocycles. The van der Waals surface area contributed by atoms with E-state index in [0.29, 0.717) is 64.5 Å². The molecule has 14 nitrogen and oxygen atoms in total. The lowest BCUT2D eigenvalue weighted by Crippen LogP contribution is -2.50. The lowest BCUT2D eigenvalue weighted by Gasteiger charge is -2.36. The highest BCUT2D eigenvalue weighted by atomic mass is 35.5. The van der Waals surface area contributed by atoms with Gasteiger partial charge in [-0.3, -0.25) is 14.2 Å². The number of anilines is 2. The van der Waals surface area contributed by atoms with Gasteiger partial charge >= 0.3 is 0 Å². The number of hydrogen-bond acceptors (Lipinski definition) is 11. The van der Waals surface area contributed by atoms with Crippen molar-refractivity contribution in [2.75, 3.05) is 50.1 Å². The van der Waals surface area contributed by atoms with E-state index in [1.807, 2.05) is 24.3 Å². The summed E-state index contributed by atoms with van der Waals surface area (Å²) in [5, 5.41) is 17.6. The van der Waals surface area contributed by atoms with E-state index in [9.17, 15) is 14.7 Å².